The monoisotopic (exact) mass is 210 g/mol. The van der Waals surface area contributed by atoms with E-state index in [0.717, 1.165) is 18.7 Å². The molecular formula is C11H22N4. The van der Waals surface area contributed by atoms with Crippen LogP contribution in [0.4, 0.5) is 0 Å². The molecule has 0 aromatic carbocycles. The van der Waals surface area contributed by atoms with Gasteiger partial charge in [0.25, 0.3) is 0 Å². The van der Waals surface area contributed by atoms with Gasteiger partial charge in [0.1, 0.15) is 0 Å². The van der Waals surface area contributed by atoms with E-state index in [-0.39, 0.29) is 0 Å². The summed E-state index contributed by atoms with van der Waals surface area (Å²) in [6, 6.07) is 0.391. The first-order chi connectivity index (χ1) is 7.06. The van der Waals surface area contributed by atoms with E-state index in [4.69, 9.17) is 5.73 Å². The quantitative estimate of drug-likeness (QED) is 0.745. The molecule has 0 radical (unpaired) electrons. The Morgan fingerprint density at radius 1 is 1.47 bits per heavy atom. The standard InChI is InChI=1S/C11H22N4/c1-8(7-12)13-6-5-11-9(2)14-15(4)10(11)3/h8,13H,5-7,12H2,1-4H3/t8-/m1/s1. The predicted octanol–water partition coefficient (Wildman–Crippen LogP) is 0.516. The van der Waals surface area contributed by atoms with Crippen LogP contribution in [0.15, 0.2) is 0 Å². The van der Waals surface area contributed by atoms with Gasteiger partial charge < -0.3 is 11.1 Å². The highest BCUT2D eigenvalue weighted by molar-refractivity contribution is 5.24. The van der Waals surface area contributed by atoms with E-state index in [1.54, 1.807) is 0 Å². The van der Waals surface area contributed by atoms with E-state index in [1.807, 2.05) is 11.7 Å². The van der Waals surface area contributed by atoms with Gasteiger partial charge in [-0.25, -0.2) is 0 Å². The van der Waals surface area contributed by atoms with E-state index >= 15 is 0 Å². The third kappa shape index (κ3) is 3.04. The number of nitrogens with two attached hydrogens (primary N) is 1. The molecule has 0 saturated carbocycles. The van der Waals surface area contributed by atoms with Crippen LogP contribution < -0.4 is 11.1 Å². The van der Waals surface area contributed by atoms with Crippen molar-refractivity contribution >= 4 is 0 Å². The zero-order chi connectivity index (χ0) is 11.4. The molecule has 0 amide bonds. The van der Waals surface area contributed by atoms with E-state index in [9.17, 15) is 0 Å². The highest BCUT2D eigenvalue weighted by atomic mass is 15.3. The van der Waals surface area contributed by atoms with Crippen LogP contribution in [0.2, 0.25) is 0 Å². The smallest absolute Gasteiger partial charge is 0.0628 e. The molecule has 0 fully saturated rings. The topological polar surface area (TPSA) is 55.9 Å². The lowest BCUT2D eigenvalue weighted by Gasteiger charge is -2.10. The van der Waals surface area contributed by atoms with Crippen molar-refractivity contribution in [2.24, 2.45) is 12.8 Å². The van der Waals surface area contributed by atoms with Gasteiger partial charge in [0.15, 0.2) is 0 Å². The molecular weight excluding hydrogens is 188 g/mol. The third-order valence-corrected chi connectivity index (χ3v) is 2.88. The second-order valence-electron chi connectivity index (χ2n) is 4.11. The molecule has 0 aliphatic carbocycles. The number of aromatic nitrogens is 2. The van der Waals surface area contributed by atoms with Crippen LogP contribution >= 0.6 is 0 Å². The highest BCUT2D eigenvalue weighted by Crippen LogP contribution is 2.11. The van der Waals surface area contributed by atoms with Crippen LogP contribution in [0.1, 0.15) is 23.9 Å². The largest absolute Gasteiger partial charge is 0.329 e. The molecule has 86 valence electrons. The third-order valence-electron chi connectivity index (χ3n) is 2.88. The maximum absolute atomic E-state index is 5.54. The number of nitrogens with one attached hydrogen (secondary N) is 1. The Bertz CT molecular complexity index is 317. The van der Waals surface area contributed by atoms with Crippen molar-refractivity contribution in [2.75, 3.05) is 13.1 Å². The molecule has 0 aliphatic rings. The summed E-state index contributed by atoms with van der Waals surface area (Å²) in [4.78, 5) is 0. The van der Waals surface area contributed by atoms with Crippen molar-refractivity contribution in [1.29, 1.82) is 0 Å². The maximum Gasteiger partial charge on any atom is 0.0628 e. The molecule has 15 heavy (non-hydrogen) atoms. The molecule has 1 aromatic heterocycles. The zero-order valence-electron chi connectivity index (χ0n) is 10.2. The van der Waals surface area contributed by atoms with Gasteiger partial charge in [-0.15, -0.1) is 0 Å². The molecule has 0 spiro atoms. The SMILES string of the molecule is Cc1nn(C)c(C)c1CCN[C@H](C)CN. The Hall–Kier alpha value is -0.870. The zero-order valence-corrected chi connectivity index (χ0v) is 10.2. The van der Waals surface area contributed by atoms with Crippen LogP contribution in [0.5, 0.6) is 0 Å². The fourth-order valence-electron chi connectivity index (χ4n) is 1.71. The molecule has 0 unspecified atom stereocenters. The second kappa shape index (κ2) is 5.28. The van der Waals surface area contributed by atoms with Crippen molar-refractivity contribution < 1.29 is 0 Å². The maximum atomic E-state index is 5.54. The van der Waals surface area contributed by atoms with Gasteiger partial charge in [-0.1, -0.05) is 0 Å². The Morgan fingerprint density at radius 2 is 2.13 bits per heavy atom. The lowest BCUT2D eigenvalue weighted by atomic mass is 10.1. The van der Waals surface area contributed by atoms with E-state index < -0.39 is 0 Å². The molecule has 1 rings (SSSR count). The van der Waals surface area contributed by atoms with Gasteiger partial charge >= 0.3 is 0 Å². The Balaban J connectivity index is 2.50. The van der Waals surface area contributed by atoms with E-state index in [2.05, 4.69) is 31.2 Å². The summed E-state index contributed by atoms with van der Waals surface area (Å²) in [7, 11) is 1.99. The Morgan fingerprint density at radius 3 is 2.60 bits per heavy atom. The Kier molecular flexibility index (Phi) is 4.29. The summed E-state index contributed by atoms with van der Waals surface area (Å²) >= 11 is 0. The van der Waals surface area contributed by atoms with Gasteiger partial charge in [0.2, 0.25) is 0 Å². The van der Waals surface area contributed by atoms with Crippen molar-refractivity contribution in [1.82, 2.24) is 15.1 Å². The Labute approximate surface area is 91.8 Å². The summed E-state index contributed by atoms with van der Waals surface area (Å²) in [5, 5.41) is 7.78. The summed E-state index contributed by atoms with van der Waals surface area (Å²) in [6.45, 7) is 7.93. The second-order valence-corrected chi connectivity index (χ2v) is 4.11. The lowest BCUT2D eigenvalue weighted by Crippen LogP contribution is -2.34. The van der Waals surface area contributed by atoms with E-state index in [0.29, 0.717) is 12.6 Å². The number of hydrogen-bond acceptors (Lipinski definition) is 3. The van der Waals surface area contributed by atoms with Crippen LogP contribution in [0.25, 0.3) is 0 Å². The molecule has 0 aliphatic heterocycles. The van der Waals surface area contributed by atoms with Crippen molar-refractivity contribution in [2.45, 2.75) is 33.2 Å². The molecule has 0 saturated heterocycles. The summed E-state index contributed by atoms with van der Waals surface area (Å²) in [5.74, 6) is 0. The minimum Gasteiger partial charge on any atom is -0.329 e. The summed E-state index contributed by atoms with van der Waals surface area (Å²) < 4.78 is 1.94. The van der Waals surface area contributed by atoms with Crippen LogP contribution in [-0.4, -0.2) is 28.9 Å². The average molecular weight is 210 g/mol. The van der Waals surface area contributed by atoms with Crippen molar-refractivity contribution in [3.63, 3.8) is 0 Å². The van der Waals surface area contributed by atoms with Crippen LogP contribution in [-0.2, 0) is 13.5 Å². The molecule has 1 atom stereocenters. The van der Waals surface area contributed by atoms with Crippen LogP contribution in [0, 0.1) is 13.8 Å². The van der Waals surface area contributed by atoms with Gasteiger partial charge in [0, 0.05) is 25.3 Å². The fourth-order valence-corrected chi connectivity index (χ4v) is 1.71. The lowest BCUT2D eigenvalue weighted by molar-refractivity contribution is 0.558. The average Bonchev–Trinajstić information content (AvgIpc) is 2.44. The highest BCUT2D eigenvalue weighted by Gasteiger charge is 2.08. The summed E-state index contributed by atoms with van der Waals surface area (Å²) in [5.41, 5.74) is 9.29. The molecule has 3 N–H and O–H groups in total. The van der Waals surface area contributed by atoms with Gasteiger partial charge in [-0.2, -0.15) is 5.10 Å². The van der Waals surface area contributed by atoms with Gasteiger partial charge in [-0.05, 0) is 39.3 Å². The molecule has 1 aromatic rings. The van der Waals surface area contributed by atoms with Crippen LogP contribution in [0.3, 0.4) is 0 Å². The van der Waals surface area contributed by atoms with Crippen molar-refractivity contribution in [3.05, 3.63) is 17.0 Å². The van der Waals surface area contributed by atoms with E-state index in [1.165, 1.54) is 11.3 Å². The number of hydrogen-bond donors (Lipinski definition) is 2. The first-order valence-electron chi connectivity index (χ1n) is 5.48. The normalized spacial score (nSPS) is 13.1. The molecule has 0 bridgehead atoms. The minimum atomic E-state index is 0.391. The molecule has 1 heterocycles. The minimum absolute atomic E-state index is 0.391. The number of nitrogens with zero attached hydrogens (tertiary/aromatic N) is 2. The number of aryl methyl sites for hydroxylation is 2. The first-order valence-corrected chi connectivity index (χ1v) is 5.48. The molecule has 4 heteroatoms. The molecule has 4 nitrogen and oxygen atoms in total. The van der Waals surface area contributed by atoms with Crippen molar-refractivity contribution in [3.8, 4) is 0 Å². The fraction of sp³-hybridized carbons (Fsp3) is 0.727. The predicted molar refractivity (Wildman–Crippen MR) is 62.9 cm³/mol. The first kappa shape index (κ1) is 12.2. The van der Waals surface area contributed by atoms with Gasteiger partial charge in [-0.3, -0.25) is 4.68 Å². The number of rotatable bonds is 5. The van der Waals surface area contributed by atoms with Gasteiger partial charge in [0.05, 0.1) is 5.69 Å². The summed E-state index contributed by atoms with van der Waals surface area (Å²) in [6.07, 6.45) is 1.02.